The Kier molecular flexibility index (Phi) is 6.49. The van der Waals surface area contributed by atoms with Crippen molar-refractivity contribution in [1.29, 1.82) is 0 Å². The number of aliphatic hydroxyl groups excluding tert-OH is 2. The molecule has 3 N–H and O–H groups in total. The van der Waals surface area contributed by atoms with Gasteiger partial charge in [-0.05, 0) is 12.6 Å². The maximum absolute atomic E-state index is 9.76. The SMILES string of the molecule is CNC(CO)C(O)c1ccccc1.Cl. The van der Waals surface area contributed by atoms with Gasteiger partial charge in [0, 0.05) is 0 Å². The number of nitrogens with one attached hydrogen (secondary N) is 1. The minimum Gasteiger partial charge on any atom is -0.395 e. The van der Waals surface area contributed by atoms with E-state index < -0.39 is 6.10 Å². The van der Waals surface area contributed by atoms with Crippen molar-refractivity contribution in [2.75, 3.05) is 13.7 Å². The molecule has 0 aliphatic heterocycles. The van der Waals surface area contributed by atoms with Gasteiger partial charge in [0.2, 0.25) is 0 Å². The van der Waals surface area contributed by atoms with Crippen LogP contribution in [0.3, 0.4) is 0 Å². The molecule has 0 saturated heterocycles. The number of aliphatic hydroxyl groups is 2. The van der Waals surface area contributed by atoms with Crippen LogP contribution in [0.5, 0.6) is 0 Å². The average molecular weight is 218 g/mol. The predicted molar refractivity (Wildman–Crippen MR) is 58.6 cm³/mol. The van der Waals surface area contributed by atoms with Gasteiger partial charge in [0.25, 0.3) is 0 Å². The minimum absolute atomic E-state index is 0. The lowest BCUT2D eigenvalue weighted by Crippen LogP contribution is -2.35. The third-order valence-corrected chi connectivity index (χ3v) is 2.09. The van der Waals surface area contributed by atoms with Crippen LogP contribution in [0.4, 0.5) is 0 Å². The van der Waals surface area contributed by atoms with E-state index in [9.17, 15) is 5.11 Å². The number of benzene rings is 1. The van der Waals surface area contributed by atoms with Gasteiger partial charge in [0.05, 0.1) is 18.8 Å². The zero-order valence-electron chi connectivity index (χ0n) is 8.05. The summed E-state index contributed by atoms with van der Waals surface area (Å²) in [5, 5.41) is 21.5. The van der Waals surface area contributed by atoms with E-state index in [0.717, 1.165) is 5.56 Å². The van der Waals surface area contributed by atoms with E-state index in [1.165, 1.54) is 0 Å². The monoisotopic (exact) mass is 217 g/mol. The Labute approximate surface area is 90.2 Å². The van der Waals surface area contributed by atoms with Crippen molar-refractivity contribution in [3.8, 4) is 0 Å². The van der Waals surface area contributed by atoms with Gasteiger partial charge in [-0.3, -0.25) is 0 Å². The van der Waals surface area contributed by atoms with Crippen LogP contribution in [0.2, 0.25) is 0 Å². The highest BCUT2D eigenvalue weighted by molar-refractivity contribution is 5.85. The van der Waals surface area contributed by atoms with Gasteiger partial charge in [0.1, 0.15) is 0 Å². The van der Waals surface area contributed by atoms with Crippen LogP contribution in [0.1, 0.15) is 11.7 Å². The molecule has 2 atom stereocenters. The summed E-state index contributed by atoms with van der Waals surface area (Å²) in [5.74, 6) is 0. The summed E-state index contributed by atoms with van der Waals surface area (Å²) in [6, 6.07) is 8.99. The average Bonchev–Trinajstić information content (AvgIpc) is 2.21. The first-order valence-corrected chi connectivity index (χ1v) is 4.30. The molecule has 0 amide bonds. The third kappa shape index (κ3) is 3.27. The molecular weight excluding hydrogens is 202 g/mol. The first kappa shape index (κ1) is 13.4. The predicted octanol–water partition coefficient (Wildman–Crippen LogP) is 0.722. The molecule has 1 rings (SSSR count). The Bertz CT molecular complexity index is 239. The molecule has 0 bridgehead atoms. The molecule has 1 aromatic carbocycles. The van der Waals surface area contributed by atoms with Crippen LogP contribution in [0.15, 0.2) is 30.3 Å². The number of hydrogen-bond donors (Lipinski definition) is 3. The zero-order chi connectivity index (χ0) is 9.68. The zero-order valence-corrected chi connectivity index (χ0v) is 8.87. The molecule has 14 heavy (non-hydrogen) atoms. The van der Waals surface area contributed by atoms with Gasteiger partial charge in [0.15, 0.2) is 0 Å². The van der Waals surface area contributed by atoms with Crippen LogP contribution in [-0.4, -0.2) is 29.9 Å². The Morgan fingerprint density at radius 1 is 1.29 bits per heavy atom. The summed E-state index contributed by atoms with van der Waals surface area (Å²) < 4.78 is 0. The molecule has 4 heteroatoms. The lowest BCUT2D eigenvalue weighted by molar-refractivity contribution is 0.0942. The van der Waals surface area contributed by atoms with Crippen LogP contribution >= 0.6 is 12.4 Å². The fourth-order valence-corrected chi connectivity index (χ4v) is 1.23. The molecule has 0 aliphatic rings. The second-order valence-corrected chi connectivity index (χ2v) is 2.93. The van der Waals surface area contributed by atoms with Gasteiger partial charge >= 0.3 is 0 Å². The number of hydrogen-bond acceptors (Lipinski definition) is 3. The van der Waals surface area contributed by atoms with Crippen molar-refractivity contribution >= 4 is 12.4 Å². The molecule has 3 nitrogen and oxygen atoms in total. The minimum atomic E-state index is -0.656. The molecule has 0 fully saturated rings. The highest BCUT2D eigenvalue weighted by atomic mass is 35.5. The summed E-state index contributed by atoms with van der Waals surface area (Å²) in [7, 11) is 1.72. The molecule has 0 radical (unpaired) electrons. The highest BCUT2D eigenvalue weighted by Crippen LogP contribution is 2.15. The van der Waals surface area contributed by atoms with E-state index >= 15 is 0 Å². The second-order valence-electron chi connectivity index (χ2n) is 2.93. The second kappa shape index (κ2) is 6.79. The van der Waals surface area contributed by atoms with E-state index in [-0.39, 0.29) is 25.1 Å². The number of rotatable bonds is 4. The fourth-order valence-electron chi connectivity index (χ4n) is 1.23. The first-order valence-electron chi connectivity index (χ1n) is 4.30. The Balaban J connectivity index is 0.00000169. The molecule has 2 unspecified atom stereocenters. The van der Waals surface area contributed by atoms with Gasteiger partial charge in [-0.25, -0.2) is 0 Å². The van der Waals surface area contributed by atoms with Crippen molar-refractivity contribution in [1.82, 2.24) is 5.32 Å². The summed E-state index contributed by atoms with van der Waals surface area (Å²) in [5.41, 5.74) is 0.816. The molecule has 0 spiro atoms. The van der Waals surface area contributed by atoms with Crippen LogP contribution in [0.25, 0.3) is 0 Å². The lowest BCUT2D eigenvalue weighted by Gasteiger charge is -2.20. The van der Waals surface area contributed by atoms with Crippen molar-refractivity contribution in [2.24, 2.45) is 0 Å². The van der Waals surface area contributed by atoms with Crippen LogP contribution in [0, 0.1) is 0 Å². The highest BCUT2D eigenvalue weighted by Gasteiger charge is 2.17. The molecule has 0 aliphatic carbocycles. The number of halogens is 1. The van der Waals surface area contributed by atoms with Crippen molar-refractivity contribution in [3.05, 3.63) is 35.9 Å². The fraction of sp³-hybridized carbons (Fsp3) is 0.400. The molecule has 0 saturated carbocycles. The van der Waals surface area contributed by atoms with E-state index in [2.05, 4.69) is 5.32 Å². The maximum Gasteiger partial charge on any atom is 0.0965 e. The van der Waals surface area contributed by atoms with Crippen molar-refractivity contribution in [3.63, 3.8) is 0 Å². The molecular formula is C10H16ClNO2. The van der Waals surface area contributed by atoms with Gasteiger partial charge in [-0.1, -0.05) is 30.3 Å². The Morgan fingerprint density at radius 3 is 2.29 bits per heavy atom. The summed E-state index contributed by atoms with van der Waals surface area (Å²) in [6.07, 6.45) is -0.656. The first-order chi connectivity index (χ1) is 6.29. The molecule has 0 aromatic heterocycles. The van der Waals surface area contributed by atoms with E-state index in [1.807, 2.05) is 30.3 Å². The van der Waals surface area contributed by atoms with E-state index in [1.54, 1.807) is 7.05 Å². The standard InChI is InChI=1S/C10H15NO2.ClH/c1-11-9(7-12)10(13)8-5-3-2-4-6-8;/h2-6,9-13H,7H2,1H3;1H. The summed E-state index contributed by atoms with van der Waals surface area (Å²) >= 11 is 0. The summed E-state index contributed by atoms with van der Waals surface area (Å²) in [6.45, 7) is -0.0768. The quantitative estimate of drug-likeness (QED) is 0.697. The topological polar surface area (TPSA) is 52.5 Å². The largest absolute Gasteiger partial charge is 0.395 e. The Morgan fingerprint density at radius 2 is 1.86 bits per heavy atom. The van der Waals surface area contributed by atoms with Gasteiger partial charge in [-0.15, -0.1) is 12.4 Å². The Hall–Kier alpha value is -0.610. The number of likely N-dealkylation sites (N-methyl/N-ethyl adjacent to an activating group) is 1. The smallest absolute Gasteiger partial charge is 0.0965 e. The van der Waals surface area contributed by atoms with Crippen LogP contribution < -0.4 is 5.32 Å². The van der Waals surface area contributed by atoms with Crippen molar-refractivity contribution < 1.29 is 10.2 Å². The lowest BCUT2D eigenvalue weighted by atomic mass is 10.0. The maximum atomic E-state index is 9.76. The third-order valence-electron chi connectivity index (χ3n) is 2.09. The summed E-state index contributed by atoms with van der Waals surface area (Å²) in [4.78, 5) is 0. The van der Waals surface area contributed by atoms with E-state index in [4.69, 9.17) is 5.11 Å². The van der Waals surface area contributed by atoms with Crippen LogP contribution in [-0.2, 0) is 0 Å². The molecule has 80 valence electrons. The molecule has 1 aromatic rings. The van der Waals surface area contributed by atoms with E-state index in [0.29, 0.717) is 0 Å². The van der Waals surface area contributed by atoms with Crippen molar-refractivity contribution in [2.45, 2.75) is 12.1 Å². The molecule has 0 heterocycles. The van der Waals surface area contributed by atoms with Gasteiger partial charge < -0.3 is 15.5 Å². The van der Waals surface area contributed by atoms with Gasteiger partial charge in [-0.2, -0.15) is 0 Å². The normalized spacial score (nSPS) is 14.2.